The number of rotatable bonds is 2. The number of piperazine rings is 1. The highest BCUT2D eigenvalue weighted by atomic mass is 16.6. The summed E-state index contributed by atoms with van der Waals surface area (Å²) in [6.07, 6.45) is 6.51. The van der Waals surface area contributed by atoms with E-state index >= 15 is 0 Å². The number of aromatic nitrogens is 2. The summed E-state index contributed by atoms with van der Waals surface area (Å²) in [7, 11) is 0. The largest absolute Gasteiger partial charge is 0.444 e. The molecule has 5 rings (SSSR count). The standard InChI is InChI=1S/C26H36N6O3/c1-17-13-31(23(34)35-24(3,4)5)18(2)12-30(17)20-19-21(29-16-28-20)32(15-26(19)10-7-11-26)22(33)25(14-27)8-6-9-25/h16-18H,6-13,15H2,1-5H3/t17-,18+/m0/s1. The summed E-state index contributed by atoms with van der Waals surface area (Å²) in [4.78, 5) is 41.6. The van der Waals surface area contributed by atoms with E-state index in [2.05, 4.69) is 22.9 Å². The monoisotopic (exact) mass is 480 g/mol. The summed E-state index contributed by atoms with van der Waals surface area (Å²) < 4.78 is 5.64. The van der Waals surface area contributed by atoms with Gasteiger partial charge in [-0.1, -0.05) is 6.42 Å². The van der Waals surface area contributed by atoms with Crippen LogP contribution < -0.4 is 9.80 Å². The van der Waals surface area contributed by atoms with Crippen LogP contribution in [0.5, 0.6) is 0 Å². The molecule has 0 unspecified atom stereocenters. The van der Waals surface area contributed by atoms with Gasteiger partial charge in [0.05, 0.1) is 6.07 Å². The second-order valence-electron chi connectivity index (χ2n) is 12.0. The molecule has 3 fully saturated rings. The zero-order valence-electron chi connectivity index (χ0n) is 21.5. The lowest BCUT2D eigenvalue weighted by atomic mass is 9.65. The predicted octanol–water partition coefficient (Wildman–Crippen LogP) is 3.77. The summed E-state index contributed by atoms with van der Waals surface area (Å²) in [6, 6.07) is 2.28. The Morgan fingerprint density at radius 2 is 1.71 bits per heavy atom. The summed E-state index contributed by atoms with van der Waals surface area (Å²) in [5.41, 5.74) is -0.540. The van der Waals surface area contributed by atoms with Crippen molar-refractivity contribution in [3.05, 3.63) is 11.9 Å². The third-order valence-corrected chi connectivity index (χ3v) is 8.33. The van der Waals surface area contributed by atoms with Gasteiger partial charge in [0, 0.05) is 42.7 Å². The number of ether oxygens (including phenoxy) is 1. The van der Waals surface area contributed by atoms with E-state index in [1.165, 1.54) is 0 Å². The molecule has 1 aromatic heterocycles. The predicted molar refractivity (Wildman–Crippen MR) is 131 cm³/mol. The number of carbonyl (C=O) groups excluding carboxylic acids is 2. The molecule has 3 heterocycles. The quantitative estimate of drug-likeness (QED) is 0.635. The van der Waals surface area contributed by atoms with Crippen molar-refractivity contribution in [2.45, 2.75) is 96.2 Å². The molecule has 188 valence electrons. The topological polar surface area (TPSA) is 103 Å². The molecular formula is C26H36N6O3. The van der Waals surface area contributed by atoms with Crippen LogP contribution in [0, 0.1) is 16.7 Å². The number of amides is 2. The Morgan fingerprint density at radius 3 is 2.26 bits per heavy atom. The number of fused-ring (bicyclic) bond motifs is 2. The van der Waals surface area contributed by atoms with E-state index < -0.39 is 11.0 Å². The van der Waals surface area contributed by atoms with Crippen molar-refractivity contribution < 1.29 is 14.3 Å². The molecule has 2 aliphatic heterocycles. The molecule has 2 aliphatic carbocycles. The average Bonchev–Trinajstić information content (AvgIpc) is 3.09. The Bertz CT molecular complexity index is 1080. The molecule has 2 atom stereocenters. The molecule has 9 heteroatoms. The van der Waals surface area contributed by atoms with Crippen LogP contribution >= 0.6 is 0 Å². The Hall–Kier alpha value is -2.89. The fraction of sp³-hybridized carbons (Fsp3) is 0.731. The van der Waals surface area contributed by atoms with Crippen LogP contribution in [0.25, 0.3) is 0 Å². The van der Waals surface area contributed by atoms with Crippen LogP contribution in [0.4, 0.5) is 16.4 Å². The molecule has 9 nitrogen and oxygen atoms in total. The zero-order chi connectivity index (χ0) is 25.2. The van der Waals surface area contributed by atoms with Crippen molar-refractivity contribution in [2.24, 2.45) is 5.41 Å². The minimum absolute atomic E-state index is 0.0247. The first-order valence-electron chi connectivity index (χ1n) is 12.9. The van der Waals surface area contributed by atoms with E-state index in [0.717, 1.165) is 37.1 Å². The highest BCUT2D eigenvalue weighted by Crippen LogP contribution is 2.56. The third-order valence-electron chi connectivity index (χ3n) is 8.33. The second kappa shape index (κ2) is 8.07. The van der Waals surface area contributed by atoms with E-state index in [9.17, 15) is 14.9 Å². The molecule has 1 spiro atoms. The summed E-state index contributed by atoms with van der Waals surface area (Å²) in [6.45, 7) is 11.5. The average molecular weight is 481 g/mol. The number of hydrogen-bond donors (Lipinski definition) is 0. The van der Waals surface area contributed by atoms with E-state index in [4.69, 9.17) is 9.72 Å². The second-order valence-corrected chi connectivity index (χ2v) is 12.0. The maximum atomic E-state index is 13.6. The van der Waals surface area contributed by atoms with Crippen LogP contribution in [0.1, 0.15) is 78.7 Å². The van der Waals surface area contributed by atoms with Gasteiger partial charge >= 0.3 is 6.09 Å². The number of hydrogen-bond acceptors (Lipinski definition) is 7. The van der Waals surface area contributed by atoms with Gasteiger partial charge in [0.2, 0.25) is 5.91 Å². The fourth-order valence-corrected chi connectivity index (χ4v) is 6.06. The van der Waals surface area contributed by atoms with Gasteiger partial charge in [-0.3, -0.25) is 9.69 Å². The number of carbonyl (C=O) groups is 2. The first kappa shape index (κ1) is 23.8. The Balaban J connectivity index is 1.46. The zero-order valence-corrected chi connectivity index (χ0v) is 21.5. The molecule has 1 aromatic rings. The molecule has 0 N–H and O–H groups in total. The summed E-state index contributed by atoms with van der Waals surface area (Å²) in [5, 5.41) is 9.80. The normalized spacial score (nSPS) is 26.5. The first-order chi connectivity index (χ1) is 16.5. The Morgan fingerprint density at radius 1 is 1.06 bits per heavy atom. The summed E-state index contributed by atoms with van der Waals surface area (Å²) >= 11 is 0. The molecule has 0 bridgehead atoms. The van der Waals surface area contributed by atoms with Gasteiger partial charge in [0.25, 0.3) is 0 Å². The highest BCUT2D eigenvalue weighted by molar-refractivity contribution is 6.02. The number of nitriles is 1. The van der Waals surface area contributed by atoms with Crippen LogP contribution in [-0.4, -0.2) is 64.2 Å². The minimum atomic E-state index is -0.904. The van der Waals surface area contributed by atoms with Gasteiger partial charge in [-0.2, -0.15) is 5.26 Å². The number of anilines is 2. The molecule has 4 aliphatic rings. The van der Waals surface area contributed by atoms with Crippen LogP contribution in [0.2, 0.25) is 0 Å². The van der Waals surface area contributed by atoms with Gasteiger partial charge in [-0.15, -0.1) is 0 Å². The molecule has 0 radical (unpaired) electrons. The van der Waals surface area contributed by atoms with Crippen molar-refractivity contribution in [2.75, 3.05) is 29.4 Å². The van der Waals surface area contributed by atoms with Crippen molar-refractivity contribution >= 4 is 23.6 Å². The lowest BCUT2D eigenvalue weighted by Crippen LogP contribution is -2.59. The molecule has 1 saturated heterocycles. The van der Waals surface area contributed by atoms with Crippen molar-refractivity contribution in [1.82, 2.24) is 14.9 Å². The van der Waals surface area contributed by atoms with E-state index in [1.54, 1.807) is 16.1 Å². The highest BCUT2D eigenvalue weighted by Gasteiger charge is 2.56. The van der Waals surface area contributed by atoms with E-state index in [1.807, 2.05) is 27.7 Å². The van der Waals surface area contributed by atoms with E-state index in [-0.39, 0.29) is 29.5 Å². The lowest BCUT2D eigenvalue weighted by Gasteiger charge is -2.46. The van der Waals surface area contributed by atoms with Gasteiger partial charge < -0.3 is 14.5 Å². The van der Waals surface area contributed by atoms with Crippen molar-refractivity contribution in [1.29, 1.82) is 5.26 Å². The van der Waals surface area contributed by atoms with Crippen molar-refractivity contribution in [3.63, 3.8) is 0 Å². The maximum absolute atomic E-state index is 13.6. The molecule has 2 saturated carbocycles. The van der Waals surface area contributed by atoms with Gasteiger partial charge in [0.1, 0.15) is 29.0 Å². The van der Waals surface area contributed by atoms with Crippen LogP contribution in [-0.2, 0) is 14.9 Å². The Labute approximate surface area is 207 Å². The molecular weight excluding hydrogens is 444 g/mol. The van der Waals surface area contributed by atoms with Gasteiger partial charge in [-0.25, -0.2) is 14.8 Å². The summed E-state index contributed by atoms with van der Waals surface area (Å²) in [5.74, 6) is 1.44. The Kier molecular flexibility index (Phi) is 5.50. The van der Waals surface area contributed by atoms with Crippen molar-refractivity contribution in [3.8, 4) is 6.07 Å². The smallest absolute Gasteiger partial charge is 0.410 e. The minimum Gasteiger partial charge on any atom is -0.444 e. The van der Waals surface area contributed by atoms with Crippen LogP contribution in [0.15, 0.2) is 6.33 Å². The molecule has 2 amide bonds. The molecule has 0 aromatic carbocycles. The SMILES string of the molecule is C[C@@H]1CN(c2ncnc3c2C2(CCC2)CN3C(=O)C2(C#N)CCC2)[C@@H](C)CN1C(=O)OC(C)(C)C. The van der Waals surface area contributed by atoms with Crippen LogP contribution in [0.3, 0.4) is 0 Å². The van der Waals surface area contributed by atoms with Gasteiger partial charge in [-0.05, 0) is 66.7 Å². The lowest BCUT2D eigenvalue weighted by molar-refractivity contribution is -0.129. The van der Waals surface area contributed by atoms with E-state index in [0.29, 0.717) is 38.3 Å². The molecule has 35 heavy (non-hydrogen) atoms. The number of nitrogens with zero attached hydrogens (tertiary/aromatic N) is 6. The fourth-order valence-electron chi connectivity index (χ4n) is 6.06. The first-order valence-corrected chi connectivity index (χ1v) is 12.9. The third kappa shape index (κ3) is 3.73. The maximum Gasteiger partial charge on any atom is 0.410 e. The van der Waals surface area contributed by atoms with Gasteiger partial charge in [0.15, 0.2) is 0 Å².